The summed E-state index contributed by atoms with van der Waals surface area (Å²) >= 11 is 0. The van der Waals surface area contributed by atoms with Crippen LogP contribution >= 0.6 is 0 Å². The van der Waals surface area contributed by atoms with Crippen molar-refractivity contribution in [1.29, 1.82) is 0 Å². The molecule has 1 aromatic heterocycles. The molecule has 0 saturated heterocycles. The smallest absolute Gasteiger partial charge is 0.309 e. The van der Waals surface area contributed by atoms with E-state index in [4.69, 9.17) is 4.42 Å². The molecule has 160 valence electrons. The van der Waals surface area contributed by atoms with Gasteiger partial charge in [-0.3, -0.25) is 9.59 Å². The normalized spacial score (nSPS) is 15.1. The van der Waals surface area contributed by atoms with Gasteiger partial charge in [-0.15, -0.1) is 0 Å². The molecule has 3 rings (SSSR count). The minimum atomic E-state index is -3.82. The lowest BCUT2D eigenvalue weighted by Crippen LogP contribution is -2.42. The molecule has 0 bridgehead atoms. The topological polar surface area (TPSA) is 105 Å². The summed E-state index contributed by atoms with van der Waals surface area (Å²) in [6.07, 6.45) is 8.73. The van der Waals surface area contributed by atoms with Gasteiger partial charge in [0.2, 0.25) is 0 Å². The maximum Gasteiger partial charge on any atom is 0.309 e. The van der Waals surface area contributed by atoms with Gasteiger partial charge in [0.25, 0.3) is 0 Å². The van der Waals surface area contributed by atoms with Crippen LogP contribution in [0.25, 0.3) is 0 Å². The van der Waals surface area contributed by atoms with Gasteiger partial charge < -0.3 is 15.1 Å². The molecule has 0 unspecified atom stereocenters. The summed E-state index contributed by atoms with van der Waals surface area (Å²) in [5.41, 5.74) is 1.30. The zero-order valence-corrected chi connectivity index (χ0v) is 17.5. The van der Waals surface area contributed by atoms with Crippen molar-refractivity contribution in [2.75, 3.05) is 13.1 Å². The SMILES string of the molecule is O=C(NCCC1=CCCCC1)C(=O)NC[C@H](c1ccco1)S(=O)(=O)c1ccccc1. The molecule has 8 heteroatoms. The van der Waals surface area contributed by atoms with Gasteiger partial charge in [-0.2, -0.15) is 0 Å². The summed E-state index contributed by atoms with van der Waals surface area (Å²) in [5.74, 6) is -1.45. The van der Waals surface area contributed by atoms with E-state index in [9.17, 15) is 18.0 Å². The van der Waals surface area contributed by atoms with Gasteiger partial charge in [0.1, 0.15) is 11.0 Å². The highest BCUT2D eigenvalue weighted by Gasteiger charge is 2.32. The number of rotatable bonds is 8. The molecule has 2 amide bonds. The Balaban J connectivity index is 1.59. The third-order valence-corrected chi connectivity index (χ3v) is 7.16. The molecule has 2 N–H and O–H groups in total. The second kappa shape index (κ2) is 10.2. The summed E-state index contributed by atoms with van der Waals surface area (Å²) in [6.45, 7) is 0.101. The minimum absolute atomic E-state index is 0.117. The Morgan fingerprint density at radius 2 is 1.77 bits per heavy atom. The number of hydrogen-bond donors (Lipinski definition) is 2. The number of sulfone groups is 1. The second-order valence-corrected chi connectivity index (χ2v) is 9.32. The van der Waals surface area contributed by atoms with E-state index in [0.717, 1.165) is 25.7 Å². The second-order valence-electron chi connectivity index (χ2n) is 7.19. The first-order chi connectivity index (χ1) is 14.5. The molecule has 2 aromatic rings. The number of amides is 2. The van der Waals surface area contributed by atoms with Crippen LogP contribution in [0.5, 0.6) is 0 Å². The Morgan fingerprint density at radius 3 is 2.43 bits per heavy atom. The Hall–Kier alpha value is -2.87. The van der Waals surface area contributed by atoms with Crippen molar-refractivity contribution < 1.29 is 22.4 Å². The molecule has 7 nitrogen and oxygen atoms in total. The summed E-state index contributed by atoms with van der Waals surface area (Å²) in [4.78, 5) is 24.4. The zero-order chi connectivity index (χ0) is 21.4. The molecular formula is C22H26N2O5S. The first kappa shape index (κ1) is 21.8. The highest BCUT2D eigenvalue weighted by Crippen LogP contribution is 2.28. The average molecular weight is 431 g/mol. The molecule has 0 saturated carbocycles. The van der Waals surface area contributed by atoms with Gasteiger partial charge in [0.05, 0.1) is 11.2 Å². The standard InChI is InChI=1S/C22H26N2O5S/c25-21(23-14-13-17-8-3-1-4-9-17)22(26)24-16-20(19-12-7-15-29-19)30(27,28)18-10-5-2-6-11-18/h2,5-8,10-12,15,20H,1,3-4,9,13-14,16H2,(H,23,25)(H,24,26)/t20-/m1/s1. The molecule has 0 aliphatic heterocycles. The maximum atomic E-state index is 13.0. The summed E-state index contributed by atoms with van der Waals surface area (Å²) < 4.78 is 31.4. The first-order valence-corrected chi connectivity index (χ1v) is 11.6. The van der Waals surface area contributed by atoms with E-state index in [1.165, 1.54) is 36.5 Å². The fourth-order valence-electron chi connectivity index (χ4n) is 3.43. The molecule has 1 heterocycles. The highest BCUT2D eigenvalue weighted by atomic mass is 32.2. The lowest BCUT2D eigenvalue weighted by atomic mass is 9.97. The number of hydrogen-bond acceptors (Lipinski definition) is 5. The number of furan rings is 1. The molecule has 1 aliphatic rings. The molecular weight excluding hydrogens is 404 g/mol. The van der Waals surface area contributed by atoms with E-state index in [-0.39, 0.29) is 17.2 Å². The number of carbonyl (C=O) groups is 2. The zero-order valence-electron chi connectivity index (χ0n) is 16.7. The van der Waals surface area contributed by atoms with E-state index in [1.54, 1.807) is 24.3 Å². The molecule has 0 spiro atoms. The lowest BCUT2D eigenvalue weighted by molar-refractivity contribution is -0.139. The van der Waals surface area contributed by atoms with Crippen LogP contribution in [0.15, 0.2) is 69.7 Å². The van der Waals surface area contributed by atoms with Gasteiger partial charge in [0, 0.05) is 13.1 Å². The minimum Gasteiger partial charge on any atom is -0.468 e. The first-order valence-electron chi connectivity index (χ1n) is 10.0. The lowest BCUT2D eigenvalue weighted by Gasteiger charge is -2.17. The fourth-order valence-corrected chi connectivity index (χ4v) is 5.03. The van der Waals surface area contributed by atoms with Crippen molar-refractivity contribution in [3.8, 4) is 0 Å². The monoisotopic (exact) mass is 430 g/mol. The number of carbonyl (C=O) groups excluding carboxylic acids is 2. The van der Waals surface area contributed by atoms with Gasteiger partial charge in [-0.05, 0) is 56.4 Å². The molecule has 0 radical (unpaired) electrons. The third-order valence-electron chi connectivity index (χ3n) is 5.08. The van der Waals surface area contributed by atoms with Gasteiger partial charge in [-0.25, -0.2) is 8.42 Å². The van der Waals surface area contributed by atoms with E-state index in [0.29, 0.717) is 6.54 Å². The summed E-state index contributed by atoms with van der Waals surface area (Å²) in [7, 11) is -3.82. The van der Waals surface area contributed by atoms with Crippen LogP contribution in [0.4, 0.5) is 0 Å². The largest absolute Gasteiger partial charge is 0.468 e. The Bertz CT molecular complexity index is 982. The van der Waals surface area contributed by atoms with Crippen LogP contribution in [0.1, 0.15) is 43.1 Å². The van der Waals surface area contributed by atoms with Crippen LogP contribution in [0.2, 0.25) is 0 Å². The predicted molar refractivity (Wildman–Crippen MR) is 112 cm³/mol. The van der Waals surface area contributed by atoms with E-state index >= 15 is 0 Å². The van der Waals surface area contributed by atoms with Gasteiger partial charge in [-0.1, -0.05) is 29.8 Å². The molecule has 30 heavy (non-hydrogen) atoms. The number of nitrogens with one attached hydrogen (secondary N) is 2. The van der Waals surface area contributed by atoms with Crippen LogP contribution in [0.3, 0.4) is 0 Å². The Labute approximate surface area is 176 Å². The third kappa shape index (κ3) is 5.60. The number of benzene rings is 1. The Morgan fingerprint density at radius 1 is 1.00 bits per heavy atom. The number of allylic oxidation sites excluding steroid dienone is 1. The summed E-state index contributed by atoms with van der Waals surface area (Å²) in [5, 5.41) is 3.88. The van der Waals surface area contributed by atoms with Gasteiger partial charge >= 0.3 is 11.8 Å². The van der Waals surface area contributed by atoms with Crippen molar-refractivity contribution in [2.45, 2.75) is 42.2 Å². The van der Waals surface area contributed by atoms with Crippen LogP contribution in [-0.4, -0.2) is 33.3 Å². The van der Waals surface area contributed by atoms with E-state index < -0.39 is 26.9 Å². The van der Waals surface area contributed by atoms with E-state index in [2.05, 4.69) is 16.7 Å². The van der Waals surface area contributed by atoms with Gasteiger partial charge in [0.15, 0.2) is 9.84 Å². The fraction of sp³-hybridized carbons (Fsp3) is 0.364. The Kier molecular flexibility index (Phi) is 7.46. The van der Waals surface area contributed by atoms with Crippen molar-refractivity contribution in [3.63, 3.8) is 0 Å². The van der Waals surface area contributed by atoms with Crippen molar-refractivity contribution >= 4 is 21.7 Å². The molecule has 0 fully saturated rings. The van der Waals surface area contributed by atoms with Crippen LogP contribution in [0, 0.1) is 0 Å². The van der Waals surface area contributed by atoms with Crippen molar-refractivity contribution in [3.05, 3.63) is 66.1 Å². The molecule has 1 aromatic carbocycles. The van der Waals surface area contributed by atoms with Crippen molar-refractivity contribution in [1.82, 2.24) is 10.6 Å². The highest BCUT2D eigenvalue weighted by molar-refractivity contribution is 7.91. The quantitative estimate of drug-likeness (QED) is 0.495. The maximum absolute atomic E-state index is 13.0. The van der Waals surface area contributed by atoms with Crippen LogP contribution < -0.4 is 10.6 Å². The summed E-state index contributed by atoms with van der Waals surface area (Å²) in [6, 6.07) is 11.1. The molecule has 1 atom stereocenters. The van der Waals surface area contributed by atoms with Crippen molar-refractivity contribution in [2.24, 2.45) is 0 Å². The van der Waals surface area contributed by atoms with Crippen LogP contribution in [-0.2, 0) is 19.4 Å². The predicted octanol–water partition coefficient (Wildman–Crippen LogP) is 2.92. The van der Waals surface area contributed by atoms with E-state index in [1.807, 2.05) is 0 Å². The molecule has 1 aliphatic carbocycles. The average Bonchev–Trinajstić information content (AvgIpc) is 3.29.